The van der Waals surface area contributed by atoms with Gasteiger partial charge in [0.15, 0.2) is 0 Å². The van der Waals surface area contributed by atoms with E-state index < -0.39 is 0 Å². The van der Waals surface area contributed by atoms with Crippen LogP contribution in [0.4, 0.5) is 0 Å². The fourth-order valence-corrected chi connectivity index (χ4v) is 0.929. The standard InChI is InChI=1S/C7H11NOS.Zr/c1-2-3-4-7(9)5-10-6-8;/h2-5H2,1H3;. The molecule has 0 heterocycles. The molecule has 0 bridgehead atoms. The van der Waals surface area contributed by atoms with Gasteiger partial charge in [0.05, 0.1) is 5.75 Å². The number of nitriles is 1. The molecule has 4 heteroatoms. The van der Waals surface area contributed by atoms with E-state index in [1.807, 2.05) is 12.3 Å². The van der Waals surface area contributed by atoms with Crippen LogP contribution in [0.3, 0.4) is 0 Å². The van der Waals surface area contributed by atoms with Crippen LogP contribution in [0.1, 0.15) is 26.2 Å². The molecule has 0 aliphatic carbocycles. The van der Waals surface area contributed by atoms with Crippen molar-refractivity contribution in [1.82, 2.24) is 0 Å². The van der Waals surface area contributed by atoms with Crippen LogP contribution in [-0.2, 0) is 31.0 Å². The van der Waals surface area contributed by atoms with Crippen LogP contribution in [0.2, 0.25) is 0 Å². The monoisotopic (exact) mass is 247 g/mol. The van der Waals surface area contributed by atoms with Crippen molar-refractivity contribution >= 4 is 17.5 Å². The molecule has 0 amide bonds. The third-order valence-electron chi connectivity index (χ3n) is 1.11. The molecule has 0 saturated heterocycles. The van der Waals surface area contributed by atoms with Gasteiger partial charge in [-0.05, 0) is 18.2 Å². The Labute approximate surface area is 90.9 Å². The zero-order chi connectivity index (χ0) is 7.82. The summed E-state index contributed by atoms with van der Waals surface area (Å²) in [6, 6.07) is 0. The van der Waals surface area contributed by atoms with E-state index in [9.17, 15) is 4.79 Å². The summed E-state index contributed by atoms with van der Waals surface area (Å²) in [4.78, 5) is 10.8. The summed E-state index contributed by atoms with van der Waals surface area (Å²) < 4.78 is 0. The van der Waals surface area contributed by atoms with Crippen LogP contribution >= 0.6 is 11.8 Å². The van der Waals surface area contributed by atoms with Gasteiger partial charge in [-0.1, -0.05) is 13.3 Å². The quantitative estimate of drug-likeness (QED) is 0.698. The predicted molar refractivity (Wildman–Crippen MR) is 42.6 cm³/mol. The average Bonchev–Trinajstić information content (AvgIpc) is 1.97. The van der Waals surface area contributed by atoms with E-state index in [2.05, 4.69) is 0 Å². The number of thioether (sulfide) groups is 1. The van der Waals surface area contributed by atoms with E-state index in [-0.39, 0.29) is 32.0 Å². The zero-order valence-corrected chi connectivity index (χ0v) is 9.87. The van der Waals surface area contributed by atoms with Gasteiger partial charge in [0.25, 0.3) is 0 Å². The Bertz CT molecular complexity index is 144. The Morgan fingerprint density at radius 1 is 1.64 bits per heavy atom. The van der Waals surface area contributed by atoms with Gasteiger partial charge in [0.2, 0.25) is 0 Å². The Kier molecular flexibility index (Phi) is 13.2. The summed E-state index contributed by atoms with van der Waals surface area (Å²) in [6.07, 6.45) is 2.62. The van der Waals surface area contributed by atoms with Gasteiger partial charge in [-0.25, -0.2) is 0 Å². The third-order valence-corrected chi connectivity index (χ3v) is 1.70. The second kappa shape index (κ2) is 10.4. The normalized spacial score (nSPS) is 8.00. The van der Waals surface area contributed by atoms with Crippen molar-refractivity contribution in [3.05, 3.63) is 0 Å². The summed E-state index contributed by atoms with van der Waals surface area (Å²) in [5, 5.41) is 9.97. The molecule has 11 heavy (non-hydrogen) atoms. The van der Waals surface area contributed by atoms with E-state index in [1.165, 1.54) is 0 Å². The van der Waals surface area contributed by atoms with Gasteiger partial charge in [-0.3, -0.25) is 4.79 Å². The smallest absolute Gasteiger partial charge is 0.143 e. The van der Waals surface area contributed by atoms with Crippen LogP contribution in [0.5, 0.6) is 0 Å². The molecule has 2 nitrogen and oxygen atoms in total. The number of ketones is 1. The van der Waals surface area contributed by atoms with Gasteiger partial charge >= 0.3 is 0 Å². The number of Topliss-reactive ketones (excluding diaryl/α,β-unsaturated/α-hetero) is 1. The first kappa shape index (κ1) is 13.9. The van der Waals surface area contributed by atoms with Crippen molar-refractivity contribution in [2.75, 3.05) is 5.75 Å². The molecule has 0 N–H and O–H groups in total. The number of rotatable bonds is 5. The van der Waals surface area contributed by atoms with Crippen molar-refractivity contribution in [2.24, 2.45) is 0 Å². The second-order valence-corrected chi connectivity index (χ2v) is 2.78. The SMILES string of the molecule is CCCCC(=O)CSC#N.[Zr]. The molecule has 0 spiro atoms. The van der Waals surface area contributed by atoms with Crippen molar-refractivity contribution in [1.29, 1.82) is 5.26 Å². The first-order valence-electron chi connectivity index (χ1n) is 3.33. The second-order valence-electron chi connectivity index (χ2n) is 2.02. The van der Waals surface area contributed by atoms with E-state index in [0.29, 0.717) is 12.2 Å². The van der Waals surface area contributed by atoms with Crippen molar-refractivity contribution in [3.8, 4) is 5.40 Å². The molecule has 0 radical (unpaired) electrons. The first-order valence-corrected chi connectivity index (χ1v) is 4.32. The van der Waals surface area contributed by atoms with Gasteiger partial charge in [0, 0.05) is 32.6 Å². The minimum atomic E-state index is 0. The maximum absolute atomic E-state index is 10.8. The van der Waals surface area contributed by atoms with E-state index in [0.717, 1.165) is 24.6 Å². The fraction of sp³-hybridized carbons (Fsp3) is 0.714. The number of nitrogens with zero attached hydrogens (tertiary/aromatic N) is 1. The molecule has 0 atom stereocenters. The van der Waals surface area contributed by atoms with Crippen molar-refractivity contribution in [3.63, 3.8) is 0 Å². The molecular weight excluding hydrogens is 237 g/mol. The Morgan fingerprint density at radius 2 is 2.27 bits per heavy atom. The van der Waals surface area contributed by atoms with E-state index in [1.54, 1.807) is 0 Å². The number of hydrogen-bond acceptors (Lipinski definition) is 3. The van der Waals surface area contributed by atoms with Crippen LogP contribution in [0.25, 0.3) is 0 Å². The summed E-state index contributed by atoms with van der Waals surface area (Å²) >= 11 is 1.02. The van der Waals surface area contributed by atoms with Gasteiger partial charge in [-0.2, -0.15) is 5.26 Å². The summed E-state index contributed by atoms with van der Waals surface area (Å²) in [5.74, 6) is 0.546. The fourth-order valence-electron chi connectivity index (χ4n) is 0.559. The number of thiocyanates is 1. The molecule has 60 valence electrons. The number of carbonyl (C=O) groups is 1. The predicted octanol–water partition coefficient (Wildman–Crippen LogP) is 1.96. The molecule has 0 aromatic heterocycles. The first-order chi connectivity index (χ1) is 4.81. The molecule has 0 aliphatic heterocycles. The van der Waals surface area contributed by atoms with Crippen molar-refractivity contribution < 1.29 is 31.0 Å². The third kappa shape index (κ3) is 10.4. The maximum Gasteiger partial charge on any atom is 0.143 e. The van der Waals surface area contributed by atoms with Crippen LogP contribution in [-0.4, -0.2) is 11.5 Å². The molecule has 0 saturated carbocycles. The summed E-state index contributed by atoms with van der Waals surface area (Å²) in [5.41, 5.74) is 0. The summed E-state index contributed by atoms with van der Waals surface area (Å²) in [6.45, 7) is 2.05. The molecule has 0 aromatic carbocycles. The number of unbranched alkanes of at least 4 members (excludes halogenated alkanes) is 1. The minimum Gasteiger partial charge on any atom is -0.299 e. The molecule has 0 unspecified atom stereocenters. The maximum atomic E-state index is 10.8. The average molecular weight is 248 g/mol. The van der Waals surface area contributed by atoms with Crippen molar-refractivity contribution in [2.45, 2.75) is 26.2 Å². The topological polar surface area (TPSA) is 40.9 Å². The molecule has 0 aromatic rings. The minimum absolute atomic E-state index is 0. The molecular formula is C7H11NOSZr. The van der Waals surface area contributed by atoms with Crippen LogP contribution < -0.4 is 0 Å². The largest absolute Gasteiger partial charge is 0.299 e. The van der Waals surface area contributed by atoms with Gasteiger partial charge in [0.1, 0.15) is 11.2 Å². The Morgan fingerprint density at radius 3 is 2.73 bits per heavy atom. The molecule has 0 rings (SSSR count). The Hall–Kier alpha value is 0.393. The van der Waals surface area contributed by atoms with Gasteiger partial charge in [-0.15, -0.1) is 0 Å². The van der Waals surface area contributed by atoms with Gasteiger partial charge < -0.3 is 0 Å². The Balaban J connectivity index is 0. The van der Waals surface area contributed by atoms with E-state index >= 15 is 0 Å². The van der Waals surface area contributed by atoms with Crippen LogP contribution in [0, 0.1) is 10.7 Å². The molecule has 0 fully saturated rings. The molecule has 0 aliphatic rings. The van der Waals surface area contributed by atoms with E-state index in [4.69, 9.17) is 5.26 Å². The summed E-state index contributed by atoms with van der Waals surface area (Å²) in [7, 11) is 0. The zero-order valence-electron chi connectivity index (χ0n) is 6.59. The number of hydrogen-bond donors (Lipinski definition) is 0. The number of carbonyl (C=O) groups excluding carboxylic acids is 1. The van der Waals surface area contributed by atoms with Crippen LogP contribution in [0.15, 0.2) is 0 Å².